The van der Waals surface area contributed by atoms with Gasteiger partial charge in [-0.25, -0.2) is 4.39 Å². The van der Waals surface area contributed by atoms with Gasteiger partial charge >= 0.3 is 0 Å². The highest BCUT2D eigenvalue weighted by Crippen LogP contribution is 2.13. The van der Waals surface area contributed by atoms with E-state index in [-0.39, 0.29) is 5.02 Å². The molecular weight excluding hydrogens is 167 g/mol. The van der Waals surface area contributed by atoms with Gasteiger partial charge in [0.2, 0.25) is 0 Å². The van der Waals surface area contributed by atoms with Gasteiger partial charge in [-0.1, -0.05) is 11.6 Å². The van der Waals surface area contributed by atoms with Gasteiger partial charge in [0.15, 0.2) is 5.82 Å². The van der Waals surface area contributed by atoms with Crippen LogP contribution in [0.1, 0.15) is 5.69 Å². The number of hydrogen-bond donors (Lipinski definition) is 1. The lowest BCUT2D eigenvalue weighted by atomic mass is 10.3. The summed E-state index contributed by atoms with van der Waals surface area (Å²) in [6, 6.07) is 1.51. The summed E-state index contributed by atoms with van der Waals surface area (Å²) >= 11 is 5.51. The lowest BCUT2D eigenvalue weighted by Crippen LogP contribution is -2.06. The summed E-state index contributed by atoms with van der Waals surface area (Å²) in [4.78, 5) is 3.81. The highest BCUT2D eigenvalue weighted by atomic mass is 35.5. The Labute approximate surface area is 69.4 Å². The van der Waals surface area contributed by atoms with E-state index in [0.717, 1.165) is 11.9 Å². The second kappa shape index (κ2) is 3.64. The van der Waals surface area contributed by atoms with Crippen molar-refractivity contribution >= 4 is 11.6 Å². The number of hydrogen-bond acceptors (Lipinski definition) is 2. The van der Waals surface area contributed by atoms with Crippen LogP contribution in [0.15, 0.2) is 12.3 Å². The minimum Gasteiger partial charge on any atom is -0.314 e. The Morgan fingerprint density at radius 3 is 3.00 bits per heavy atom. The van der Waals surface area contributed by atoms with Crippen LogP contribution in [0, 0.1) is 5.82 Å². The number of nitrogens with zero attached hydrogens (tertiary/aromatic N) is 1. The Morgan fingerprint density at radius 2 is 2.45 bits per heavy atom. The van der Waals surface area contributed by atoms with E-state index in [1.165, 1.54) is 6.07 Å². The molecule has 4 heteroatoms. The summed E-state index contributed by atoms with van der Waals surface area (Å²) in [5, 5.41) is 3.00. The minimum absolute atomic E-state index is 0.116. The van der Waals surface area contributed by atoms with Crippen LogP contribution in [0.4, 0.5) is 4.39 Å². The predicted molar refractivity (Wildman–Crippen MR) is 42.0 cm³/mol. The first-order valence-corrected chi connectivity index (χ1v) is 3.56. The second-order valence-corrected chi connectivity index (χ2v) is 2.53. The Bertz CT molecular complexity index is 252. The third-order valence-electron chi connectivity index (χ3n) is 1.22. The van der Waals surface area contributed by atoms with Gasteiger partial charge < -0.3 is 5.32 Å². The fraction of sp³-hybridized carbons (Fsp3) is 0.286. The molecule has 1 rings (SSSR count). The molecule has 60 valence electrons. The minimum atomic E-state index is -0.480. The maximum Gasteiger partial charge on any atom is 0.160 e. The summed E-state index contributed by atoms with van der Waals surface area (Å²) in [5.41, 5.74) is 0.735. The van der Waals surface area contributed by atoms with Gasteiger partial charge in [0.25, 0.3) is 0 Å². The molecule has 11 heavy (non-hydrogen) atoms. The molecule has 1 aromatic rings. The van der Waals surface area contributed by atoms with Crippen LogP contribution in [-0.2, 0) is 6.54 Å². The summed E-state index contributed by atoms with van der Waals surface area (Å²) in [7, 11) is 1.79. The molecule has 0 saturated heterocycles. The molecule has 0 amide bonds. The topological polar surface area (TPSA) is 24.9 Å². The van der Waals surface area contributed by atoms with Gasteiger partial charge in [0.05, 0.1) is 16.9 Å². The van der Waals surface area contributed by atoms with E-state index >= 15 is 0 Å². The van der Waals surface area contributed by atoms with Crippen LogP contribution in [0.25, 0.3) is 0 Å². The zero-order chi connectivity index (χ0) is 8.27. The molecule has 0 saturated carbocycles. The summed E-state index contributed by atoms with van der Waals surface area (Å²) < 4.78 is 12.5. The van der Waals surface area contributed by atoms with Crippen molar-refractivity contribution in [2.45, 2.75) is 6.54 Å². The number of nitrogens with one attached hydrogen (secondary N) is 1. The van der Waals surface area contributed by atoms with Gasteiger partial charge in [-0.2, -0.15) is 0 Å². The van der Waals surface area contributed by atoms with Crippen LogP contribution in [0.3, 0.4) is 0 Å². The SMILES string of the molecule is CNCc1cc(Cl)c(F)cn1. The summed E-state index contributed by atoms with van der Waals surface area (Å²) in [6.45, 7) is 0.597. The van der Waals surface area contributed by atoms with Crippen LogP contribution in [0.5, 0.6) is 0 Å². The summed E-state index contributed by atoms with van der Waals surface area (Å²) in [5.74, 6) is -0.480. The molecular formula is C7H8ClFN2. The zero-order valence-corrected chi connectivity index (χ0v) is 6.82. The quantitative estimate of drug-likeness (QED) is 0.737. The Balaban J connectivity index is 2.86. The van der Waals surface area contributed by atoms with Crippen LogP contribution >= 0.6 is 11.6 Å². The Hall–Kier alpha value is -0.670. The fourth-order valence-electron chi connectivity index (χ4n) is 0.732. The van der Waals surface area contributed by atoms with Crippen molar-refractivity contribution in [3.8, 4) is 0 Å². The maximum absolute atomic E-state index is 12.5. The van der Waals surface area contributed by atoms with E-state index < -0.39 is 5.82 Å². The molecule has 0 fully saturated rings. The smallest absolute Gasteiger partial charge is 0.160 e. The fourth-order valence-corrected chi connectivity index (χ4v) is 0.906. The van der Waals surface area contributed by atoms with Crippen molar-refractivity contribution in [2.24, 2.45) is 0 Å². The third kappa shape index (κ3) is 2.13. The van der Waals surface area contributed by atoms with Crippen LogP contribution in [0.2, 0.25) is 5.02 Å². The second-order valence-electron chi connectivity index (χ2n) is 2.12. The molecule has 0 radical (unpaired) electrons. The van der Waals surface area contributed by atoms with Crippen molar-refractivity contribution in [3.63, 3.8) is 0 Å². The average Bonchev–Trinajstić information content (AvgIpc) is 1.98. The number of halogens is 2. The highest BCUT2D eigenvalue weighted by molar-refractivity contribution is 6.30. The van der Waals surface area contributed by atoms with Crippen molar-refractivity contribution in [1.29, 1.82) is 0 Å². The van der Waals surface area contributed by atoms with Crippen molar-refractivity contribution in [3.05, 3.63) is 28.8 Å². The lowest BCUT2D eigenvalue weighted by molar-refractivity contribution is 0.618. The van der Waals surface area contributed by atoms with E-state index in [2.05, 4.69) is 10.3 Å². The molecule has 0 atom stereocenters. The van der Waals surface area contributed by atoms with Crippen LogP contribution in [-0.4, -0.2) is 12.0 Å². The van der Waals surface area contributed by atoms with Gasteiger partial charge in [-0.3, -0.25) is 4.98 Å². The normalized spacial score (nSPS) is 10.1. The third-order valence-corrected chi connectivity index (χ3v) is 1.51. The zero-order valence-electron chi connectivity index (χ0n) is 6.06. The van der Waals surface area contributed by atoms with Gasteiger partial charge in [0, 0.05) is 6.54 Å². The molecule has 0 aliphatic carbocycles. The number of rotatable bonds is 2. The monoisotopic (exact) mass is 174 g/mol. The van der Waals surface area contributed by atoms with Crippen molar-refractivity contribution < 1.29 is 4.39 Å². The Morgan fingerprint density at radius 1 is 1.73 bits per heavy atom. The van der Waals surface area contributed by atoms with Crippen LogP contribution < -0.4 is 5.32 Å². The lowest BCUT2D eigenvalue weighted by Gasteiger charge is -1.99. The molecule has 0 unspecified atom stereocenters. The van der Waals surface area contributed by atoms with Crippen molar-refractivity contribution in [2.75, 3.05) is 7.05 Å². The maximum atomic E-state index is 12.5. The first-order chi connectivity index (χ1) is 5.24. The molecule has 0 aromatic carbocycles. The molecule has 0 bridgehead atoms. The standard InChI is InChI=1S/C7H8ClFN2/c1-10-3-5-2-6(8)7(9)4-11-5/h2,4,10H,3H2,1H3. The molecule has 0 spiro atoms. The molecule has 0 aliphatic rings. The van der Waals surface area contributed by atoms with Gasteiger partial charge in [0.1, 0.15) is 0 Å². The van der Waals surface area contributed by atoms with Gasteiger partial charge in [-0.05, 0) is 13.1 Å². The van der Waals surface area contributed by atoms with E-state index in [9.17, 15) is 4.39 Å². The first-order valence-electron chi connectivity index (χ1n) is 3.18. The molecule has 2 nitrogen and oxygen atoms in total. The molecule has 0 aliphatic heterocycles. The van der Waals surface area contributed by atoms with E-state index in [1.807, 2.05) is 0 Å². The predicted octanol–water partition coefficient (Wildman–Crippen LogP) is 1.59. The molecule has 1 aromatic heterocycles. The summed E-state index contributed by atoms with van der Waals surface area (Å²) in [6.07, 6.45) is 1.12. The molecule has 1 heterocycles. The Kier molecular flexibility index (Phi) is 2.79. The average molecular weight is 175 g/mol. The van der Waals surface area contributed by atoms with E-state index in [1.54, 1.807) is 7.05 Å². The number of pyridine rings is 1. The van der Waals surface area contributed by atoms with E-state index in [0.29, 0.717) is 6.54 Å². The van der Waals surface area contributed by atoms with E-state index in [4.69, 9.17) is 11.6 Å². The van der Waals surface area contributed by atoms with Crippen molar-refractivity contribution in [1.82, 2.24) is 10.3 Å². The first kappa shape index (κ1) is 8.43. The largest absolute Gasteiger partial charge is 0.314 e. The van der Waals surface area contributed by atoms with Gasteiger partial charge in [-0.15, -0.1) is 0 Å². The highest BCUT2D eigenvalue weighted by Gasteiger charge is 2.00. The molecule has 1 N–H and O–H groups in total. The number of aromatic nitrogens is 1.